The van der Waals surface area contributed by atoms with Crippen LogP contribution in [-0.4, -0.2) is 45.0 Å². The molecule has 0 aromatic carbocycles. The normalized spacial score (nSPS) is 16.8. The minimum atomic E-state index is -1.19. The summed E-state index contributed by atoms with van der Waals surface area (Å²) in [5.41, 5.74) is 0. The average molecular weight is 184 g/mol. The molecule has 1 atom stereocenters. The Morgan fingerprint density at radius 3 is 2.30 bits per heavy atom. The van der Waals surface area contributed by atoms with Crippen molar-refractivity contribution < 1.29 is 15.3 Å². The molecule has 0 radical (unpaired) electrons. The Hall–Kier alpha value is 0.580. The van der Waals surface area contributed by atoms with Crippen LogP contribution in [0, 0.1) is 0 Å². The van der Waals surface area contributed by atoms with Crippen molar-refractivity contribution >= 4 is 24.4 Å². The van der Waals surface area contributed by atoms with E-state index in [0.29, 0.717) is 5.75 Å². The molecule has 10 heavy (non-hydrogen) atoms. The molecule has 0 spiro atoms. The highest BCUT2D eigenvalue weighted by atomic mass is 32.2. The maximum atomic E-state index is 9.29. The number of hydrogen-bond acceptors (Lipinski definition) is 5. The van der Waals surface area contributed by atoms with Crippen LogP contribution in [0.15, 0.2) is 0 Å². The lowest BCUT2D eigenvalue weighted by Crippen LogP contribution is -2.31. The fourth-order valence-corrected chi connectivity index (χ4v) is 1.40. The molecule has 0 aromatic rings. The molecule has 1 unspecified atom stereocenters. The molecule has 0 aliphatic heterocycles. The first-order valence-corrected chi connectivity index (χ1v) is 4.49. The number of thiol groups is 1. The largest absolute Gasteiger partial charge is 0.396 e. The van der Waals surface area contributed by atoms with Gasteiger partial charge in [0.05, 0.1) is 13.2 Å². The molecule has 0 aromatic heterocycles. The maximum absolute atomic E-state index is 9.29. The molecule has 0 bridgehead atoms. The summed E-state index contributed by atoms with van der Waals surface area (Å²) in [6.07, 6.45) is 0. The van der Waals surface area contributed by atoms with E-state index >= 15 is 0 Å². The highest BCUT2D eigenvalue weighted by Crippen LogP contribution is 2.22. The van der Waals surface area contributed by atoms with E-state index in [1.807, 2.05) is 0 Å². The number of hydrogen-bond donors (Lipinski definition) is 4. The number of aliphatic hydroxyl groups excluding tert-OH is 2. The third-order valence-electron chi connectivity index (χ3n) is 0.956. The second-order valence-electron chi connectivity index (χ2n) is 1.83. The summed E-state index contributed by atoms with van der Waals surface area (Å²) in [6.45, 7) is -0.331. The van der Waals surface area contributed by atoms with E-state index in [-0.39, 0.29) is 19.0 Å². The van der Waals surface area contributed by atoms with Gasteiger partial charge in [-0.05, 0) is 0 Å². The molecule has 0 fully saturated rings. The first kappa shape index (κ1) is 10.6. The van der Waals surface area contributed by atoms with Gasteiger partial charge in [0.1, 0.15) is 4.93 Å². The van der Waals surface area contributed by atoms with E-state index in [4.69, 9.17) is 10.2 Å². The summed E-state index contributed by atoms with van der Waals surface area (Å²) in [5, 5.41) is 26.3. The van der Waals surface area contributed by atoms with E-state index < -0.39 is 4.93 Å². The van der Waals surface area contributed by atoms with E-state index in [9.17, 15) is 5.11 Å². The van der Waals surface area contributed by atoms with Gasteiger partial charge in [-0.2, -0.15) is 12.6 Å². The third kappa shape index (κ3) is 3.68. The zero-order valence-corrected chi connectivity index (χ0v) is 7.24. The molecule has 0 aliphatic rings. The summed E-state index contributed by atoms with van der Waals surface area (Å²) in [7, 11) is 0. The highest BCUT2D eigenvalue weighted by Gasteiger charge is 2.23. The standard InChI is InChI=1S/C5H12O3S2/c6-1-2-10-5(8,3-7)4-9/h6-9H,1-4H2. The van der Waals surface area contributed by atoms with Crippen LogP contribution in [0.4, 0.5) is 0 Å². The van der Waals surface area contributed by atoms with Gasteiger partial charge in [0.25, 0.3) is 0 Å². The topological polar surface area (TPSA) is 60.7 Å². The minimum absolute atomic E-state index is 0.000748. The Morgan fingerprint density at radius 1 is 1.40 bits per heavy atom. The van der Waals surface area contributed by atoms with Crippen LogP contribution in [0.25, 0.3) is 0 Å². The summed E-state index contributed by atoms with van der Waals surface area (Å²) < 4.78 is 0. The maximum Gasteiger partial charge on any atom is 0.142 e. The smallest absolute Gasteiger partial charge is 0.142 e. The zero-order chi connectivity index (χ0) is 8.04. The van der Waals surface area contributed by atoms with Crippen LogP contribution in [0.2, 0.25) is 0 Å². The molecule has 0 saturated heterocycles. The fourth-order valence-electron chi connectivity index (χ4n) is 0.377. The second kappa shape index (κ2) is 5.26. The Labute approximate surface area is 69.9 Å². The van der Waals surface area contributed by atoms with Crippen molar-refractivity contribution in [1.29, 1.82) is 0 Å². The molecule has 0 amide bonds. The van der Waals surface area contributed by atoms with Gasteiger partial charge in [-0.3, -0.25) is 0 Å². The van der Waals surface area contributed by atoms with Crippen molar-refractivity contribution in [1.82, 2.24) is 0 Å². The Bertz CT molecular complexity index is 85.0. The quantitative estimate of drug-likeness (QED) is 0.338. The predicted octanol–water partition coefficient (Wildman–Crippen LogP) is -0.677. The van der Waals surface area contributed by atoms with Crippen molar-refractivity contribution in [2.75, 3.05) is 24.7 Å². The van der Waals surface area contributed by atoms with Crippen molar-refractivity contribution in [2.45, 2.75) is 4.93 Å². The van der Waals surface area contributed by atoms with Gasteiger partial charge < -0.3 is 15.3 Å². The second-order valence-corrected chi connectivity index (χ2v) is 3.61. The fraction of sp³-hybridized carbons (Fsp3) is 1.00. The van der Waals surface area contributed by atoms with Gasteiger partial charge in [0, 0.05) is 11.5 Å². The molecule has 62 valence electrons. The van der Waals surface area contributed by atoms with E-state index in [1.165, 1.54) is 0 Å². The minimum Gasteiger partial charge on any atom is -0.396 e. The van der Waals surface area contributed by atoms with Crippen LogP contribution < -0.4 is 0 Å². The van der Waals surface area contributed by atoms with Crippen LogP contribution in [0.3, 0.4) is 0 Å². The average Bonchev–Trinajstić information content (AvgIpc) is 2.00. The summed E-state index contributed by atoms with van der Waals surface area (Å²) >= 11 is 4.94. The van der Waals surface area contributed by atoms with Gasteiger partial charge in [-0.25, -0.2) is 0 Å². The van der Waals surface area contributed by atoms with Crippen LogP contribution in [-0.2, 0) is 0 Å². The Kier molecular flexibility index (Phi) is 5.56. The summed E-state index contributed by atoms with van der Waals surface area (Å²) in [5.74, 6) is 0.603. The highest BCUT2D eigenvalue weighted by molar-refractivity contribution is 8.01. The zero-order valence-electron chi connectivity index (χ0n) is 5.53. The van der Waals surface area contributed by atoms with Crippen LogP contribution >= 0.6 is 24.4 Å². The monoisotopic (exact) mass is 184 g/mol. The lowest BCUT2D eigenvalue weighted by atomic mass is 10.4. The van der Waals surface area contributed by atoms with E-state index in [0.717, 1.165) is 11.8 Å². The van der Waals surface area contributed by atoms with Crippen molar-refractivity contribution in [2.24, 2.45) is 0 Å². The first-order valence-electron chi connectivity index (χ1n) is 2.87. The van der Waals surface area contributed by atoms with Gasteiger partial charge in [-0.15, -0.1) is 11.8 Å². The van der Waals surface area contributed by atoms with Crippen molar-refractivity contribution in [3.8, 4) is 0 Å². The van der Waals surface area contributed by atoms with Gasteiger partial charge >= 0.3 is 0 Å². The van der Waals surface area contributed by atoms with E-state index in [2.05, 4.69) is 12.6 Å². The van der Waals surface area contributed by atoms with Crippen molar-refractivity contribution in [3.63, 3.8) is 0 Å². The first-order chi connectivity index (χ1) is 4.68. The lowest BCUT2D eigenvalue weighted by molar-refractivity contribution is 0.0842. The molecule has 3 N–H and O–H groups in total. The molecule has 0 heterocycles. The number of aliphatic hydroxyl groups is 3. The van der Waals surface area contributed by atoms with E-state index in [1.54, 1.807) is 0 Å². The SMILES string of the molecule is OCCSC(O)(CO)CS. The van der Waals surface area contributed by atoms with Gasteiger partial charge in [0.15, 0.2) is 0 Å². The predicted molar refractivity (Wildman–Crippen MR) is 45.4 cm³/mol. The molecule has 0 aliphatic carbocycles. The molecule has 0 saturated carbocycles. The third-order valence-corrected chi connectivity index (χ3v) is 2.89. The molecule has 5 heteroatoms. The lowest BCUT2D eigenvalue weighted by Gasteiger charge is -2.21. The van der Waals surface area contributed by atoms with Gasteiger partial charge in [-0.1, -0.05) is 0 Å². The number of thioether (sulfide) groups is 1. The van der Waals surface area contributed by atoms with Gasteiger partial charge in [0.2, 0.25) is 0 Å². The van der Waals surface area contributed by atoms with Crippen LogP contribution in [0.1, 0.15) is 0 Å². The Morgan fingerprint density at radius 2 is 2.00 bits per heavy atom. The molecule has 3 nitrogen and oxygen atoms in total. The summed E-state index contributed by atoms with van der Waals surface area (Å²) in [6, 6.07) is 0. The molecular formula is C5H12O3S2. The number of rotatable bonds is 5. The van der Waals surface area contributed by atoms with Crippen LogP contribution in [0.5, 0.6) is 0 Å². The van der Waals surface area contributed by atoms with Crippen molar-refractivity contribution in [3.05, 3.63) is 0 Å². The summed E-state index contributed by atoms with van der Waals surface area (Å²) in [4.78, 5) is -1.19. The molecule has 0 rings (SSSR count). The Balaban J connectivity index is 3.58. The molecular weight excluding hydrogens is 172 g/mol.